The summed E-state index contributed by atoms with van der Waals surface area (Å²) >= 11 is 0. The zero-order chi connectivity index (χ0) is 26.1. The molecule has 6 aromatic rings. The summed E-state index contributed by atoms with van der Waals surface area (Å²) in [5.74, 6) is 0. The van der Waals surface area contributed by atoms with Gasteiger partial charge in [0.2, 0.25) is 0 Å². The van der Waals surface area contributed by atoms with Crippen LogP contribution in [0, 0.1) is 0 Å². The first kappa shape index (κ1) is 22.9. The van der Waals surface area contributed by atoms with E-state index >= 15 is 0 Å². The molecule has 0 saturated carbocycles. The lowest BCUT2D eigenvalue weighted by atomic mass is 9.78. The van der Waals surface area contributed by atoms with E-state index in [-0.39, 0.29) is 10.8 Å². The van der Waals surface area contributed by atoms with Crippen molar-refractivity contribution in [1.82, 2.24) is 9.97 Å². The predicted octanol–water partition coefficient (Wildman–Crippen LogP) is 9.08. The first-order valence-electron chi connectivity index (χ1n) is 13.3. The SMILES string of the molecule is CC1(C)c2cccc(c2)-c2nc(cc3ccccc23)C(C)(C)c2cccc(c2)-c2nc1cc1ccccc21. The largest absolute Gasteiger partial charge is 0.251 e. The van der Waals surface area contributed by atoms with Crippen molar-refractivity contribution >= 4 is 21.5 Å². The number of rotatable bonds is 0. The summed E-state index contributed by atoms with van der Waals surface area (Å²) in [7, 11) is 0. The first-order valence-corrected chi connectivity index (χ1v) is 13.3. The molecule has 7 rings (SSSR count). The Morgan fingerprint density at radius 3 is 1.32 bits per heavy atom. The fourth-order valence-electron chi connectivity index (χ4n) is 5.88. The molecule has 0 unspecified atom stereocenters. The Kier molecular flexibility index (Phi) is 4.87. The quantitative estimate of drug-likeness (QED) is 0.212. The summed E-state index contributed by atoms with van der Waals surface area (Å²) in [6.07, 6.45) is 0. The Balaban J connectivity index is 1.64. The van der Waals surface area contributed by atoms with Gasteiger partial charge in [-0.2, -0.15) is 0 Å². The summed E-state index contributed by atoms with van der Waals surface area (Å²) in [5.41, 5.74) is 8.32. The summed E-state index contributed by atoms with van der Waals surface area (Å²) in [4.78, 5) is 10.8. The van der Waals surface area contributed by atoms with Crippen LogP contribution in [-0.2, 0) is 10.8 Å². The van der Waals surface area contributed by atoms with Gasteiger partial charge in [0.15, 0.2) is 0 Å². The van der Waals surface area contributed by atoms with Gasteiger partial charge >= 0.3 is 0 Å². The molecule has 38 heavy (non-hydrogen) atoms. The van der Waals surface area contributed by atoms with Crippen LogP contribution in [0.4, 0.5) is 0 Å². The summed E-state index contributed by atoms with van der Waals surface area (Å²) < 4.78 is 0. The van der Waals surface area contributed by atoms with Crippen molar-refractivity contribution in [3.63, 3.8) is 0 Å². The van der Waals surface area contributed by atoms with Gasteiger partial charge in [-0.15, -0.1) is 0 Å². The fourth-order valence-corrected chi connectivity index (χ4v) is 5.88. The van der Waals surface area contributed by atoms with Crippen molar-refractivity contribution in [3.8, 4) is 22.5 Å². The molecule has 8 bridgehead atoms. The van der Waals surface area contributed by atoms with Gasteiger partial charge in [0, 0.05) is 32.7 Å². The van der Waals surface area contributed by atoms with Gasteiger partial charge in [-0.05, 0) is 46.2 Å². The zero-order valence-electron chi connectivity index (χ0n) is 22.3. The Morgan fingerprint density at radius 2 is 0.868 bits per heavy atom. The molecule has 2 aromatic heterocycles. The molecule has 0 atom stereocenters. The number of hydrogen-bond acceptors (Lipinski definition) is 2. The average Bonchev–Trinajstić information content (AvgIpc) is 2.95. The average molecular weight is 491 g/mol. The van der Waals surface area contributed by atoms with E-state index in [1.54, 1.807) is 0 Å². The second-order valence-electron chi connectivity index (χ2n) is 11.6. The summed E-state index contributed by atoms with van der Waals surface area (Å²) in [6, 6.07) is 39.5. The third kappa shape index (κ3) is 3.40. The topological polar surface area (TPSA) is 25.8 Å². The van der Waals surface area contributed by atoms with Crippen LogP contribution in [-0.4, -0.2) is 9.97 Å². The highest BCUT2D eigenvalue weighted by Crippen LogP contribution is 2.41. The van der Waals surface area contributed by atoms with Gasteiger partial charge < -0.3 is 0 Å². The second kappa shape index (κ2) is 8.10. The smallest absolute Gasteiger partial charge is 0.0784 e. The van der Waals surface area contributed by atoms with E-state index in [1.165, 1.54) is 32.7 Å². The standard InChI is InChI=1S/C36H30N2/c1-35(2)27-15-9-13-25(19-27)34-30-18-8-6-12-24(30)22-32(38-34)36(3,4)28-16-10-14-26(20-28)33-29-17-7-5-11-23(29)21-31(35)37-33/h5-22H,1-4H3. The van der Waals surface area contributed by atoms with Gasteiger partial charge in [-0.25, -0.2) is 0 Å². The highest BCUT2D eigenvalue weighted by atomic mass is 14.8. The number of hydrogen-bond donors (Lipinski definition) is 0. The highest BCUT2D eigenvalue weighted by molar-refractivity contribution is 5.96. The number of nitrogens with zero attached hydrogens (tertiary/aromatic N) is 2. The van der Waals surface area contributed by atoms with Crippen molar-refractivity contribution in [1.29, 1.82) is 0 Å². The van der Waals surface area contributed by atoms with Crippen molar-refractivity contribution in [3.05, 3.63) is 132 Å². The normalized spacial score (nSPS) is 15.3. The Hall–Kier alpha value is -4.30. The molecule has 2 nitrogen and oxygen atoms in total. The van der Waals surface area contributed by atoms with E-state index in [4.69, 9.17) is 9.97 Å². The van der Waals surface area contributed by atoms with Crippen LogP contribution in [0.25, 0.3) is 44.1 Å². The number of aromatic nitrogens is 2. The van der Waals surface area contributed by atoms with Crippen molar-refractivity contribution in [2.45, 2.75) is 38.5 Å². The first-order chi connectivity index (χ1) is 18.3. The van der Waals surface area contributed by atoms with Gasteiger partial charge in [0.1, 0.15) is 0 Å². The molecule has 0 amide bonds. The zero-order valence-corrected chi connectivity index (χ0v) is 22.3. The minimum Gasteiger partial charge on any atom is -0.251 e. The molecule has 4 aromatic carbocycles. The number of fused-ring (bicyclic) bond motifs is 14. The van der Waals surface area contributed by atoms with Crippen LogP contribution in [0.3, 0.4) is 0 Å². The summed E-state index contributed by atoms with van der Waals surface area (Å²) in [6.45, 7) is 9.11. The van der Waals surface area contributed by atoms with Crippen LogP contribution >= 0.6 is 0 Å². The van der Waals surface area contributed by atoms with E-state index in [0.29, 0.717) is 0 Å². The molecule has 2 heteroatoms. The lowest BCUT2D eigenvalue weighted by molar-refractivity contribution is 0.616. The molecule has 1 aliphatic heterocycles. The molecule has 0 fully saturated rings. The van der Waals surface area contributed by atoms with Gasteiger partial charge in [-0.3, -0.25) is 9.97 Å². The molecule has 184 valence electrons. The van der Waals surface area contributed by atoms with Crippen LogP contribution in [0.5, 0.6) is 0 Å². The molecular weight excluding hydrogens is 460 g/mol. The molecular formula is C36H30N2. The predicted molar refractivity (Wildman–Crippen MR) is 159 cm³/mol. The van der Waals surface area contributed by atoms with Crippen molar-refractivity contribution < 1.29 is 0 Å². The minimum atomic E-state index is -0.302. The maximum absolute atomic E-state index is 5.38. The number of pyridine rings is 2. The second-order valence-corrected chi connectivity index (χ2v) is 11.6. The Labute approximate surface area is 224 Å². The maximum atomic E-state index is 5.38. The van der Waals surface area contributed by atoms with Crippen LogP contribution < -0.4 is 0 Å². The minimum absolute atomic E-state index is 0.302. The van der Waals surface area contributed by atoms with E-state index in [2.05, 4.69) is 137 Å². The van der Waals surface area contributed by atoms with Gasteiger partial charge in [0.05, 0.1) is 22.8 Å². The van der Waals surface area contributed by atoms with Gasteiger partial charge in [0.25, 0.3) is 0 Å². The van der Waals surface area contributed by atoms with E-state index in [1.807, 2.05) is 0 Å². The van der Waals surface area contributed by atoms with E-state index in [0.717, 1.165) is 33.9 Å². The highest BCUT2D eigenvalue weighted by Gasteiger charge is 2.30. The third-order valence-electron chi connectivity index (χ3n) is 8.48. The van der Waals surface area contributed by atoms with E-state index in [9.17, 15) is 0 Å². The van der Waals surface area contributed by atoms with Crippen LogP contribution in [0.1, 0.15) is 50.2 Å². The molecule has 1 aliphatic rings. The molecule has 0 saturated heterocycles. The number of benzene rings is 4. The van der Waals surface area contributed by atoms with Gasteiger partial charge in [-0.1, -0.05) is 113 Å². The van der Waals surface area contributed by atoms with Crippen molar-refractivity contribution in [2.24, 2.45) is 0 Å². The Morgan fingerprint density at radius 1 is 0.447 bits per heavy atom. The lowest BCUT2D eigenvalue weighted by Crippen LogP contribution is -2.22. The monoisotopic (exact) mass is 490 g/mol. The summed E-state index contributed by atoms with van der Waals surface area (Å²) in [5, 5.41) is 4.78. The maximum Gasteiger partial charge on any atom is 0.0784 e. The third-order valence-corrected chi connectivity index (χ3v) is 8.48. The van der Waals surface area contributed by atoms with E-state index < -0.39 is 0 Å². The molecule has 0 N–H and O–H groups in total. The van der Waals surface area contributed by atoms with Crippen LogP contribution in [0.15, 0.2) is 109 Å². The molecule has 0 spiro atoms. The molecule has 3 heterocycles. The molecule has 0 aliphatic carbocycles. The Bertz CT molecular complexity index is 1740. The lowest BCUT2D eigenvalue weighted by Gasteiger charge is -2.29. The molecule has 0 radical (unpaired) electrons. The van der Waals surface area contributed by atoms with Crippen molar-refractivity contribution in [2.75, 3.05) is 0 Å². The van der Waals surface area contributed by atoms with Crippen LogP contribution in [0.2, 0.25) is 0 Å². The fraction of sp³-hybridized carbons (Fsp3) is 0.167.